The summed E-state index contributed by atoms with van der Waals surface area (Å²) in [6.07, 6.45) is 0. The molecule has 1 heterocycles. The normalized spacial score (nSPS) is 11.2. The highest BCUT2D eigenvalue weighted by atomic mass is 16.5. The first kappa shape index (κ1) is 9.83. The van der Waals surface area contributed by atoms with Gasteiger partial charge in [-0.1, -0.05) is 6.07 Å². The van der Waals surface area contributed by atoms with Crippen molar-refractivity contribution in [3.63, 3.8) is 0 Å². The van der Waals surface area contributed by atoms with Crippen molar-refractivity contribution in [3.8, 4) is 5.75 Å². The van der Waals surface area contributed by atoms with Gasteiger partial charge in [0.2, 0.25) is 0 Å². The summed E-state index contributed by atoms with van der Waals surface area (Å²) >= 11 is 0. The number of H-pyrrole nitrogens is 1. The van der Waals surface area contributed by atoms with Crippen LogP contribution in [0.15, 0.2) is 23.0 Å². The summed E-state index contributed by atoms with van der Waals surface area (Å²) in [5.74, 6) is 0.698. The molecule has 0 aliphatic heterocycles. The second-order valence-electron chi connectivity index (χ2n) is 3.75. The molecule has 0 saturated carbocycles. The Kier molecular flexibility index (Phi) is 2.26. The number of methoxy groups -OCH3 is 1. The zero-order chi connectivity index (χ0) is 11.0. The van der Waals surface area contributed by atoms with Crippen LogP contribution in [0.1, 0.15) is 19.9 Å². The number of imidazole rings is 1. The molecule has 1 N–H and O–H groups in total. The van der Waals surface area contributed by atoms with Crippen molar-refractivity contribution in [2.45, 2.75) is 19.9 Å². The van der Waals surface area contributed by atoms with E-state index < -0.39 is 0 Å². The molecule has 1 aromatic heterocycles. The van der Waals surface area contributed by atoms with Crippen LogP contribution in [0.3, 0.4) is 0 Å². The number of ether oxygens (including phenoxy) is 1. The highest BCUT2D eigenvalue weighted by molar-refractivity contribution is 5.81. The monoisotopic (exact) mass is 206 g/mol. The summed E-state index contributed by atoms with van der Waals surface area (Å²) < 4.78 is 6.91. The van der Waals surface area contributed by atoms with E-state index in [1.54, 1.807) is 11.7 Å². The van der Waals surface area contributed by atoms with Gasteiger partial charge in [0.15, 0.2) is 0 Å². The van der Waals surface area contributed by atoms with Crippen LogP contribution in [0.5, 0.6) is 5.75 Å². The molecule has 1 aromatic carbocycles. The zero-order valence-corrected chi connectivity index (χ0v) is 9.07. The van der Waals surface area contributed by atoms with Gasteiger partial charge in [0.1, 0.15) is 11.3 Å². The largest absolute Gasteiger partial charge is 0.494 e. The Morgan fingerprint density at radius 1 is 1.40 bits per heavy atom. The quantitative estimate of drug-likeness (QED) is 0.816. The number of fused-ring (bicyclic) bond motifs is 1. The molecule has 0 unspecified atom stereocenters. The molecular formula is C11H14N2O2. The third-order valence-electron chi connectivity index (χ3n) is 2.45. The van der Waals surface area contributed by atoms with E-state index in [9.17, 15) is 4.79 Å². The minimum Gasteiger partial charge on any atom is -0.494 e. The number of aromatic nitrogens is 2. The van der Waals surface area contributed by atoms with E-state index in [2.05, 4.69) is 4.98 Å². The molecule has 0 saturated heterocycles. The molecule has 80 valence electrons. The zero-order valence-electron chi connectivity index (χ0n) is 9.07. The predicted molar refractivity (Wildman–Crippen MR) is 59.5 cm³/mol. The van der Waals surface area contributed by atoms with Gasteiger partial charge in [-0.15, -0.1) is 0 Å². The van der Waals surface area contributed by atoms with Gasteiger partial charge in [-0.25, -0.2) is 4.79 Å². The molecule has 0 radical (unpaired) electrons. The highest BCUT2D eigenvalue weighted by Crippen LogP contribution is 2.23. The smallest absolute Gasteiger partial charge is 0.326 e. The Morgan fingerprint density at radius 3 is 2.73 bits per heavy atom. The number of rotatable bonds is 2. The Hall–Kier alpha value is -1.71. The lowest BCUT2D eigenvalue weighted by atomic mass is 10.2. The number of nitrogens with zero attached hydrogens (tertiary/aromatic N) is 1. The Morgan fingerprint density at radius 2 is 2.13 bits per heavy atom. The molecule has 0 fully saturated rings. The fourth-order valence-corrected chi connectivity index (χ4v) is 1.81. The summed E-state index contributed by atoms with van der Waals surface area (Å²) in [5.41, 5.74) is 1.55. The Labute approximate surface area is 87.5 Å². The van der Waals surface area contributed by atoms with E-state index in [1.807, 2.05) is 32.0 Å². The molecule has 0 aliphatic carbocycles. The Balaban J connectivity index is 2.84. The van der Waals surface area contributed by atoms with Gasteiger partial charge in [0.25, 0.3) is 0 Å². The van der Waals surface area contributed by atoms with Crippen LogP contribution in [0.25, 0.3) is 11.0 Å². The summed E-state index contributed by atoms with van der Waals surface area (Å²) in [6, 6.07) is 5.77. The van der Waals surface area contributed by atoms with E-state index in [0.717, 1.165) is 11.0 Å². The van der Waals surface area contributed by atoms with Crippen LogP contribution in [-0.2, 0) is 0 Å². The van der Waals surface area contributed by atoms with E-state index in [1.165, 1.54) is 0 Å². The minimum absolute atomic E-state index is 0.0931. The van der Waals surface area contributed by atoms with Crippen molar-refractivity contribution < 1.29 is 4.74 Å². The van der Waals surface area contributed by atoms with Gasteiger partial charge in [-0.05, 0) is 26.0 Å². The van der Waals surface area contributed by atoms with Crippen LogP contribution >= 0.6 is 0 Å². The number of hydrogen-bond donors (Lipinski definition) is 1. The SMILES string of the molecule is COc1cccc2c1[nH]c(=O)n2C(C)C. The summed E-state index contributed by atoms with van der Waals surface area (Å²) in [6.45, 7) is 3.96. The van der Waals surface area contributed by atoms with Gasteiger partial charge in [0, 0.05) is 6.04 Å². The average molecular weight is 206 g/mol. The highest BCUT2D eigenvalue weighted by Gasteiger charge is 2.11. The van der Waals surface area contributed by atoms with Gasteiger partial charge < -0.3 is 9.72 Å². The van der Waals surface area contributed by atoms with E-state index in [-0.39, 0.29) is 11.7 Å². The first-order chi connectivity index (χ1) is 7.15. The molecule has 4 nitrogen and oxygen atoms in total. The number of aromatic amines is 1. The van der Waals surface area contributed by atoms with Gasteiger partial charge >= 0.3 is 5.69 Å². The van der Waals surface area contributed by atoms with E-state index in [4.69, 9.17) is 4.74 Å². The number of hydrogen-bond acceptors (Lipinski definition) is 2. The molecule has 0 aliphatic rings. The van der Waals surface area contributed by atoms with Gasteiger partial charge in [-0.2, -0.15) is 0 Å². The molecular weight excluding hydrogens is 192 g/mol. The fourth-order valence-electron chi connectivity index (χ4n) is 1.81. The second-order valence-corrected chi connectivity index (χ2v) is 3.75. The topological polar surface area (TPSA) is 47.0 Å². The molecule has 0 amide bonds. The van der Waals surface area contributed by atoms with Crippen LogP contribution < -0.4 is 10.4 Å². The molecule has 2 rings (SSSR count). The Bertz CT molecular complexity index is 537. The van der Waals surface area contributed by atoms with Crippen LogP contribution in [0.4, 0.5) is 0 Å². The lowest BCUT2D eigenvalue weighted by Crippen LogP contribution is -2.18. The summed E-state index contributed by atoms with van der Waals surface area (Å²) in [7, 11) is 1.60. The molecule has 0 bridgehead atoms. The average Bonchev–Trinajstić information content (AvgIpc) is 2.53. The molecule has 15 heavy (non-hydrogen) atoms. The molecule has 0 spiro atoms. The maximum absolute atomic E-state index is 11.7. The standard InChI is InChI=1S/C11H14N2O2/c1-7(2)13-8-5-4-6-9(15-3)10(8)12-11(13)14/h4-7H,1-3H3,(H,12,14). The van der Waals surface area contributed by atoms with Crippen molar-refractivity contribution >= 4 is 11.0 Å². The first-order valence-corrected chi connectivity index (χ1v) is 4.92. The van der Waals surface area contributed by atoms with Crippen LogP contribution in [0.2, 0.25) is 0 Å². The maximum Gasteiger partial charge on any atom is 0.326 e. The number of benzene rings is 1. The predicted octanol–water partition coefficient (Wildman–Crippen LogP) is 1.92. The maximum atomic E-state index is 11.7. The molecule has 2 aromatic rings. The van der Waals surface area contributed by atoms with Gasteiger partial charge in [-0.3, -0.25) is 4.57 Å². The minimum atomic E-state index is -0.0931. The van der Waals surface area contributed by atoms with Crippen molar-refractivity contribution in [2.75, 3.05) is 7.11 Å². The van der Waals surface area contributed by atoms with E-state index in [0.29, 0.717) is 5.75 Å². The van der Waals surface area contributed by atoms with Crippen molar-refractivity contribution in [1.82, 2.24) is 9.55 Å². The third kappa shape index (κ3) is 1.42. The fraction of sp³-hybridized carbons (Fsp3) is 0.364. The van der Waals surface area contributed by atoms with Crippen LogP contribution in [0, 0.1) is 0 Å². The van der Waals surface area contributed by atoms with Crippen molar-refractivity contribution in [3.05, 3.63) is 28.7 Å². The summed E-state index contributed by atoms with van der Waals surface area (Å²) in [5, 5.41) is 0. The molecule has 4 heteroatoms. The first-order valence-electron chi connectivity index (χ1n) is 4.92. The lowest BCUT2D eigenvalue weighted by Gasteiger charge is -2.07. The van der Waals surface area contributed by atoms with Crippen LogP contribution in [-0.4, -0.2) is 16.7 Å². The second kappa shape index (κ2) is 3.46. The lowest BCUT2D eigenvalue weighted by molar-refractivity contribution is 0.419. The van der Waals surface area contributed by atoms with Gasteiger partial charge in [0.05, 0.1) is 12.6 Å². The summed E-state index contributed by atoms with van der Waals surface area (Å²) in [4.78, 5) is 14.5. The molecule has 0 atom stereocenters. The third-order valence-corrected chi connectivity index (χ3v) is 2.45. The van der Waals surface area contributed by atoms with Crippen molar-refractivity contribution in [2.24, 2.45) is 0 Å². The van der Waals surface area contributed by atoms with Crippen molar-refractivity contribution in [1.29, 1.82) is 0 Å². The number of nitrogens with one attached hydrogen (secondary N) is 1. The van der Waals surface area contributed by atoms with E-state index >= 15 is 0 Å². The number of para-hydroxylation sites is 1.